The van der Waals surface area contributed by atoms with E-state index in [0.29, 0.717) is 42.4 Å². The molecule has 0 saturated carbocycles. The summed E-state index contributed by atoms with van der Waals surface area (Å²) < 4.78 is 0. The van der Waals surface area contributed by atoms with Gasteiger partial charge in [-0.05, 0) is 107 Å². The number of rotatable bonds is 16. The number of primary amides is 2. The van der Waals surface area contributed by atoms with Crippen LogP contribution in [0.2, 0.25) is 0 Å². The Labute approximate surface area is 589 Å². The molecule has 6 rings (SSSR count). The first kappa shape index (κ1) is 80.1. The average molecular weight is 1440 g/mol. The SMILES string of the molecule is CC[C@H](C)[C@@H]1NC(=O)[C@H](C)NC(=O)[C@@H](NC(=O)[C@H](C)N)CSCc2cc3cc(c2)CSC[C@H](NC(=O)[C@@H]2CCCN2C(=O)[C@@H]2CCCN2C(=O)[C@H](CC(C)C)NC1=O)C(=O)N[C@@H](CCC(N)=O)C(=O)N1CCC[C@H]1C(=O)N[C@@H](CCCN=C(N)N)C(=O)N[C@H](C(=O)NCC(N)=O)CSC3. The van der Waals surface area contributed by atoms with Crippen molar-refractivity contribution in [3.63, 3.8) is 0 Å². The van der Waals surface area contributed by atoms with Crippen molar-refractivity contribution in [1.82, 2.24) is 62.6 Å². The van der Waals surface area contributed by atoms with Gasteiger partial charge in [-0.2, -0.15) is 35.3 Å². The third-order valence-corrected chi connectivity index (χ3v) is 21.1. The number of carbonyl (C=O) groups excluding carboxylic acids is 14. The van der Waals surface area contributed by atoms with Crippen LogP contribution in [0.5, 0.6) is 0 Å². The summed E-state index contributed by atoms with van der Waals surface area (Å²) in [5.74, 6) is -10.8. The summed E-state index contributed by atoms with van der Waals surface area (Å²) in [7, 11) is 0. The van der Waals surface area contributed by atoms with E-state index in [0.717, 1.165) is 0 Å². The van der Waals surface area contributed by atoms with E-state index in [4.69, 9.17) is 28.7 Å². The Hall–Kier alpha value is -7.92. The van der Waals surface area contributed by atoms with Crippen molar-refractivity contribution in [2.24, 2.45) is 45.5 Å². The molecular weight excluding hydrogens is 1340 g/mol. The zero-order valence-electron chi connectivity index (χ0n) is 57.2. The minimum atomic E-state index is -1.50. The molecule has 99 heavy (non-hydrogen) atoms. The summed E-state index contributed by atoms with van der Waals surface area (Å²) in [4.78, 5) is 206. The van der Waals surface area contributed by atoms with Crippen LogP contribution in [0.1, 0.15) is 135 Å². The Morgan fingerprint density at radius 1 is 0.586 bits per heavy atom. The summed E-state index contributed by atoms with van der Waals surface area (Å²) >= 11 is 3.69. The lowest BCUT2D eigenvalue weighted by molar-refractivity contribution is -0.148. The number of benzene rings is 1. The number of nitrogens with one attached hydrogen (secondary N) is 9. The molecule has 3 fully saturated rings. The average Bonchev–Trinajstić information content (AvgIpc) is 1.69. The van der Waals surface area contributed by atoms with Crippen molar-refractivity contribution in [2.45, 2.75) is 208 Å². The first-order valence-corrected chi connectivity index (χ1v) is 37.3. The second kappa shape index (κ2) is 38.6. The summed E-state index contributed by atoms with van der Waals surface area (Å²) in [5.41, 5.74) is 30.3. The molecule has 4 bridgehead atoms. The van der Waals surface area contributed by atoms with Gasteiger partial charge >= 0.3 is 0 Å². The van der Waals surface area contributed by atoms with Crippen LogP contribution in [-0.2, 0) is 84.4 Å². The van der Waals surface area contributed by atoms with Crippen LogP contribution in [0.15, 0.2) is 23.2 Å². The molecule has 19 N–H and O–H groups in total. The molecule has 0 unspecified atom stereocenters. The van der Waals surface area contributed by atoms with Gasteiger partial charge in [0.15, 0.2) is 5.96 Å². The molecule has 14 amide bonds. The summed E-state index contributed by atoms with van der Waals surface area (Å²) in [6.45, 7) is 9.90. The third-order valence-electron chi connectivity index (χ3n) is 17.8. The van der Waals surface area contributed by atoms with E-state index in [1.54, 1.807) is 6.92 Å². The second-order valence-electron chi connectivity index (χ2n) is 26.3. The van der Waals surface area contributed by atoms with Crippen LogP contribution in [0, 0.1) is 11.8 Å². The predicted molar refractivity (Wildman–Crippen MR) is 373 cm³/mol. The summed E-state index contributed by atoms with van der Waals surface area (Å²) in [5, 5.41) is 24.6. The van der Waals surface area contributed by atoms with Gasteiger partial charge in [0.1, 0.15) is 66.5 Å². The minimum absolute atomic E-state index is 0.0103. The molecule has 1 aromatic carbocycles. The first-order chi connectivity index (χ1) is 47.0. The van der Waals surface area contributed by atoms with Crippen LogP contribution < -0.4 is 76.5 Å². The fourth-order valence-corrected chi connectivity index (χ4v) is 15.3. The van der Waals surface area contributed by atoms with Gasteiger partial charge in [0, 0.05) is 67.1 Å². The Balaban J connectivity index is 1.47. The van der Waals surface area contributed by atoms with E-state index in [1.165, 1.54) is 63.8 Å². The van der Waals surface area contributed by atoms with Gasteiger partial charge in [-0.1, -0.05) is 52.3 Å². The lowest BCUT2D eigenvalue weighted by Gasteiger charge is -2.34. The maximum Gasteiger partial charge on any atom is 0.246 e. The number of hydrogen-bond acceptors (Lipinski definition) is 19. The van der Waals surface area contributed by atoms with Crippen LogP contribution in [0.3, 0.4) is 0 Å². The molecule has 13 atom stereocenters. The number of hydrogen-bond donors (Lipinski definition) is 14. The van der Waals surface area contributed by atoms with Crippen molar-refractivity contribution in [2.75, 3.05) is 50.0 Å². The van der Waals surface area contributed by atoms with E-state index in [-0.39, 0.29) is 118 Å². The van der Waals surface area contributed by atoms with Gasteiger partial charge in [-0.25, -0.2) is 0 Å². The topological polar surface area (TPSA) is 499 Å². The van der Waals surface area contributed by atoms with Crippen LogP contribution in [0.4, 0.5) is 0 Å². The summed E-state index contributed by atoms with van der Waals surface area (Å²) in [6, 6.07) is -9.31. The predicted octanol–water partition coefficient (Wildman–Crippen LogP) is -3.36. The highest BCUT2D eigenvalue weighted by atomic mass is 32.2. The van der Waals surface area contributed by atoms with E-state index >= 15 is 4.79 Å². The van der Waals surface area contributed by atoms with Crippen molar-refractivity contribution in [3.05, 3.63) is 34.9 Å². The normalized spacial score (nSPS) is 27.1. The molecule has 0 aromatic heterocycles. The van der Waals surface area contributed by atoms with Gasteiger partial charge in [0.25, 0.3) is 0 Å². The molecule has 5 aliphatic heterocycles. The highest BCUT2D eigenvalue weighted by Crippen LogP contribution is 2.29. The molecular formula is C64H100N18O14S3. The van der Waals surface area contributed by atoms with Crippen LogP contribution >= 0.6 is 35.3 Å². The van der Waals surface area contributed by atoms with E-state index < -0.39 is 174 Å². The van der Waals surface area contributed by atoms with Gasteiger partial charge in [0.05, 0.1) is 12.6 Å². The number of fused-ring (bicyclic) bond motifs is 8. The number of guanidine groups is 1. The van der Waals surface area contributed by atoms with Gasteiger partial charge < -0.3 is 91.2 Å². The van der Waals surface area contributed by atoms with E-state index in [2.05, 4.69) is 52.8 Å². The molecule has 548 valence electrons. The fraction of sp³-hybridized carbons (Fsp3) is 0.672. The number of carbonyl (C=O) groups is 14. The van der Waals surface area contributed by atoms with E-state index in [1.807, 2.05) is 39.0 Å². The number of nitrogens with two attached hydrogens (primary N) is 5. The first-order valence-electron chi connectivity index (χ1n) is 33.8. The molecule has 3 saturated heterocycles. The molecule has 35 heteroatoms. The largest absolute Gasteiger partial charge is 0.370 e. The third kappa shape index (κ3) is 23.9. The second-order valence-corrected chi connectivity index (χ2v) is 29.4. The number of amides is 14. The molecule has 0 aliphatic carbocycles. The monoisotopic (exact) mass is 1440 g/mol. The Morgan fingerprint density at radius 2 is 1.12 bits per heavy atom. The van der Waals surface area contributed by atoms with Crippen molar-refractivity contribution >= 4 is 124 Å². The fourth-order valence-electron chi connectivity index (χ4n) is 12.3. The molecule has 32 nitrogen and oxygen atoms in total. The Kier molecular flexibility index (Phi) is 31.2. The van der Waals surface area contributed by atoms with Crippen molar-refractivity contribution in [1.29, 1.82) is 0 Å². The molecule has 5 heterocycles. The Bertz CT molecular complexity index is 3160. The van der Waals surface area contributed by atoms with Gasteiger partial charge in [-0.3, -0.25) is 72.1 Å². The lowest BCUT2D eigenvalue weighted by atomic mass is 9.96. The highest BCUT2D eigenvalue weighted by molar-refractivity contribution is 7.99. The van der Waals surface area contributed by atoms with Crippen molar-refractivity contribution < 1.29 is 67.1 Å². The maximum atomic E-state index is 15.1. The zero-order chi connectivity index (χ0) is 72.8. The number of thioether (sulfide) groups is 3. The quantitative estimate of drug-likeness (QED) is 0.0437. The maximum absolute atomic E-state index is 15.1. The standard InChI is InChI=1S/C64H100N18O14S3/c1-7-34(4)51-60(93)75-42(22-33(2)3)62(95)82-21-11-15-48(82)63(96)81-20-10-14-47(81)59(92)78-45-32-99-29-39-24-37(23-38(25-39)28-98-31-44(76-52(85)35(5)65)56(89)72-36(6)53(86)79-51)27-97-30-43(54(87)71-26-50(67)84)77-55(88)40(12-8-18-70-64(68)69)73-58(91)46-13-9-19-80(46)61(94)41(74-57(45)90)16-17-49(66)83/h23-25,33-36,40-48,51H,7-22,26-32,65H2,1-6H3,(H2,66,83)(H2,67,84)(H,71,87)(H,72,89)(H,73,91)(H,74,90)(H,75,93)(H,76,85)(H,77,88)(H,78,92)(H,79,86)(H4,68,69,70)/t34-,35-,36-,40-,41-,42-,43-,44-,45-,46-,47-,48-,51-/m0/s1. The highest BCUT2D eigenvalue weighted by Gasteiger charge is 2.46. The van der Waals surface area contributed by atoms with Crippen molar-refractivity contribution in [3.8, 4) is 0 Å². The Morgan fingerprint density at radius 3 is 1.69 bits per heavy atom. The number of nitrogens with zero attached hydrogens (tertiary/aromatic N) is 4. The van der Waals surface area contributed by atoms with E-state index in [9.17, 15) is 62.3 Å². The molecule has 5 aliphatic rings. The number of aliphatic imine (C=N–C) groups is 1. The molecule has 0 radical (unpaired) electrons. The van der Waals surface area contributed by atoms with Crippen LogP contribution in [-0.4, -0.2) is 226 Å². The van der Waals surface area contributed by atoms with Gasteiger partial charge in [0.2, 0.25) is 82.7 Å². The smallest absolute Gasteiger partial charge is 0.246 e. The van der Waals surface area contributed by atoms with Crippen LogP contribution in [0.25, 0.3) is 0 Å². The molecule has 0 spiro atoms. The summed E-state index contributed by atoms with van der Waals surface area (Å²) in [6.07, 6.45) is 1.53. The van der Waals surface area contributed by atoms with Gasteiger partial charge in [-0.15, -0.1) is 0 Å². The lowest BCUT2D eigenvalue weighted by Crippen LogP contribution is -2.61. The minimum Gasteiger partial charge on any atom is -0.370 e. The zero-order valence-corrected chi connectivity index (χ0v) is 59.6. The molecule has 1 aromatic rings.